The lowest BCUT2D eigenvalue weighted by Gasteiger charge is -2.08. The average Bonchev–Trinajstić information content (AvgIpc) is 3.09. The Morgan fingerprint density at radius 2 is 1.77 bits per heavy atom. The van der Waals surface area contributed by atoms with Crippen LogP contribution in [-0.2, 0) is 0 Å². The normalized spacial score (nSPS) is 11.2. The van der Waals surface area contributed by atoms with E-state index in [1.54, 1.807) is 12.4 Å². The van der Waals surface area contributed by atoms with E-state index in [2.05, 4.69) is 57.7 Å². The van der Waals surface area contributed by atoms with Gasteiger partial charge in [0.05, 0.1) is 5.69 Å². The van der Waals surface area contributed by atoms with Crippen molar-refractivity contribution in [1.29, 1.82) is 0 Å². The highest BCUT2D eigenvalue weighted by molar-refractivity contribution is 5.64. The molecular weight excluding hydrogens is 274 g/mol. The molecule has 0 radical (unpaired) electrons. The molecule has 5 nitrogen and oxygen atoms in total. The summed E-state index contributed by atoms with van der Waals surface area (Å²) < 4.78 is 4.02. The van der Waals surface area contributed by atoms with Crippen LogP contribution in [0.5, 0.6) is 0 Å². The molecule has 0 atom stereocenters. The smallest absolute Gasteiger partial charge is 0.140 e. The second kappa shape index (κ2) is 4.80. The molecule has 108 valence electrons. The maximum absolute atomic E-state index is 4.59. The van der Waals surface area contributed by atoms with Crippen molar-refractivity contribution in [1.82, 2.24) is 24.1 Å². The van der Waals surface area contributed by atoms with E-state index < -0.39 is 0 Å². The molecule has 0 spiro atoms. The lowest BCUT2D eigenvalue weighted by molar-refractivity contribution is 0.966. The molecular formula is C17H15N5. The molecule has 4 rings (SSSR count). The van der Waals surface area contributed by atoms with Crippen LogP contribution >= 0.6 is 0 Å². The van der Waals surface area contributed by atoms with Crippen LogP contribution in [0.1, 0.15) is 11.1 Å². The van der Waals surface area contributed by atoms with E-state index in [0.29, 0.717) is 0 Å². The molecule has 22 heavy (non-hydrogen) atoms. The van der Waals surface area contributed by atoms with Crippen molar-refractivity contribution >= 4 is 5.65 Å². The third-order valence-electron chi connectivity index (χ3n) is 3.79. The minimum absolute atomic E-state index is 0.870. The molecule has 0 aliphatic carbocycles. The number of aryl methyl sites for hydroxylation is 2. The molecule has 0 aliphatic heterocycles. The average molecular weight is 289 g/mol. The van der Waals surface area contributed by atoms with Crippen molar-refractivity contribution in [2.45, 2.75) is 13.8 Å². The SMILES string of the molecule is Cc1ccc(-n2ccn3nc(-c4cncnc4)cc23)c(C)c1. The second-order valence-corrected chi connectivity index (χ2v) is 5.42. The Morgan fingerprint density at radius 1 is 0.955 bits per heavy atom. The fourth-order valence-electron chi connectivity index (χ4n) is 2.73. The lowest BCUT2D eigenvalue weighted by Crippen LogP contribution is -1.95. The summed E-state index contributed by atoms with van der Waals surface area (Å²) in [4.78, 5) is 8.11. The van der Waals surface area contributed by atoms with Gasteiger partial charge in [-0.1, -0.05) is 17.7 Å². The maximum Gasteiger partial charge on any atom is 0.140 e. The predicted octanol–water partition coefficient (Wildman–Crippen LogP) is 3.20. The van der Waals surface area contributed by atoms with Crippen LogP contribution in [-0.4, -0.2) is 24.1 Å². The zero-order valence-corrected chi connectivity index (χ0v) is 12.4. The van der Waals surface area contributed by atoms with Crippen molar-refractivity contribution in [2.75, 3.05) is 0 Å². The number of benzene rings is 1. The first-order chi connectivity index (χ1) is 10.7. The summed E-state index contributed by atoms with van der Waals surface area (Å²) in [6.07, 6.45) is 9.06. The van der Waals surface area contributed by atoms with Gasteiger partial charge in [-0.25, -0.2) is 14.5 Å². The fraction of sp³-hybridized carbons (Fsp3) is 0.118. The summed E-state index contributed by atoms with van der Waals surface area (Å²) in [6, 6.07) is 8.51. The second-order valence-electron chi connectivity index (χ2n) is 5.42. The van der Waals surface area contributed by atoms with E-state index in [1.807, 2.05) is 16.9 Å². The molecule has 0 N–H and O–H groups in total. The number of fused-ring (bicyclic) bond motifs is 1. The van der Waals surface area contributed by atoms with Crippen LogP contribution in [0, 0.1) is 13.8 Å². The molecule has 0 saturated carbocycles. The van der Waals surface area contributed by atoms with Gasteiger partial charge in [0.1, 0.15) is 12.0 Å². The van der Waals surface area contributed by atoms with Gasteiger partial charge in [-0.3, -0.25) is 4.57 Å². The molecule has 0 amide bonds. The number of rotatable bonds is 2. The molecule has 3 aromatic heterocycles. The van der Waals surface area contributed by atoms with Gasteiger partial charge in [-0.05, 0) is 25.5 Å². The molecule has 1 aromatic carbocycles. The molecule has 0 unspecified atom stereocenters. The fourth-order valence-corrected chi connectivity index (χ4v) is 2.73. The van der Waals surface area contributed by atoms with E-state index in [9.17, 15) is 0 Å². The topological polar surface area (TPSA) is 48.0 Å². The molecule has 0 fully saturated rings. The third kappa shape index (κ3) is 1.98. The molecule has 3 heterocycles. The lowest BCUT2D eigenvalue weighted by atomic mass is 10.1. The number of imidazole rings is 1. The van der Waals surface area contributed by atoms with Gasteiger partial charge in [0.25, 0.3) is 0 Å². The largest absolute Gasteiger partial charge is 0.300 e. The molecule has 5 heteroatoms. The summed E-state index contributed by atoms with van der Waals surface area (Å²) >= 11 is 0. The molecule has 0 bridgehead atoms. The van der Waals surface area contributed by atoms with Gasteiger partial charge in [0.2, 0.25) is 0 Å². The van der Waals surface area contributed by atoms with Crippen LogP contribution in [0.3, 0.4) is 0 Å². The highest BCUT2D eigenvalue weighted by Gasteiger charge is 2.11. The van der Waals surface area contributed by atoms with Gasteiger partial charge >= 0.3 is 0 Å². The van der Waals surface area contributed by atoms with Gasteiger partial charge in [-0.15, -0.1) is 0 Å². The summed E-state index contributed by atoms with van der Waals surface area (Å²) in [5.74, 6) is 0. The summed E-state index contributed by atoms with van der Waals surface area (Å²) in [6.45, 7) is 4.23. The van der Waals surface area contributed by atoms with Gasteiger partial charge in [0.15, 0.2) is 0 Å². The Labute approximate surface area is 127 Å². The first-order valence-corrected chi connectivity index (χ1v) is 7.12. The van der Waals surface area contributed by atoms with Crippen molar-refractivity contribution in [3.8, 4) is 16.9 Å². The highest BCUT2D eigenvalue weighted by atomic mass is 15.3. The minimum Gasteiger partial charge on any atom is -0.300 e. The van der Waals surface area contributed by atoms with E-state index >= 15 is 0 Å². The zero-order chi connectivity index (χ0) is 15.1. The Hall–Kier alpha value is -2.95. The Kier molecular flexibility index (Phi) is 2.79. The van der Waals surface area contributed by atoms with Crippen LogP contribution in [0.2, 0.25) is 0 Å². The Balaban J connectivity index is 1.88. The number of nitrogens with zero attached hydrogens (tertiary/aromatic N) is 5. The van der Waals surface area contributed by atoms with Crippen molar-refractivity contribution in [3.63, 3.8) is 0 Å². The van der Waals surface area contributed by atoms with Gasteiger partial charge in [-0.2, -0.15) is 5.10 Å². The minimum atomic E-state index is 0.870. The number of hydrogen-bond acceptors (Lipinski definition) is 3. The third-order valence-corrected chi connectivity index (χ3v) is 3.79. The molecule has 4 aromatic rings. The van der Waals surface area contributed by atoms with Crippen LogP contribution in [0.4, 0.5) is 0 Å². The Bertz CT molecular complexity index is 950. The monoisotopic (exact) mass is 289 g/mol. The van der Waals surface area contributed by atoms with Gasteiger partial charge < -0.3 is 0 Å². The van der Waals surface area contributed by atoms with Crippen molar-refractivity contribution < 1.29 is 0 Å². The van der Waals surface area contributed by atoms with E-state index in [0.717, 1.165) is 22.6 Å². The summed E-state index contributed by atoms with van der Waals surface area (Å²) in [5.41, 5.74) is 6.47. The summed E-state index contributed by atoms with van der Waals surface area (Å²) in [5, 5.41) is 4.59. The maximum atomic E-state index is 4.59. The predicted molar refractivity (Wildman–Crippen MR) is 85.0 cm³/mol. The van der Waals surface area contributed by atoms with Crippen LogP contribution in [0.25, 0.3) is 22.6 Å². The number of aromatic nitrogens is 5. The highest BCUT2D eigenvalue weighted by Crippen LogP contribution is 2.23. The van der Waals surface area contributed by atoms with E-state index in [4.69, 9.17) is 0 Å². The summed E-state index contributed by atoms with van der Waals surface area (Å²) in [7, 11) is 0. The van der Waals surface area contributed by atoms with E-state index in [-0.39, 0.29) is 0 Å². The quantitative estimate of drug-likeness (QED) is 0.569. The van der Waals surface area contributed by atoms with E-state index in [1.165, 1.54) is 17.5 Å². The molecule has 0 saturated heterocycles. The van der Waals surface area contributed by atoms with Crippen molar-refractivity contribution in [3.05, 3.63) is 66.5 Å². The molecule has 0 aliphatic rings. The van der Waals surface area contributed by atoms with Crippen LogP contribution < -0.4 is 0 Å². The number of hydrogen-bond donors (Lipinski definition) is 0. The zero-order valence-electron chi connectivity index (χ0n) is 12.4. The van der Waals surface area contributed by atoms with Gasteiger partial charge in [0, 0.05) is 42.1 Å². The van der Waals surface area contributed by atoms with Crippen LogP contribution in [0.15, 0.2) is 55.4 Å². The Morgan fingerprint density at radius 3 is 2.55 bits per heavy atom. The first kappa shape index (κ1) is 12.8. The first-order valence-electron chi connectivity index (χ1n) is 7.12. The van der Waals surface area contributed by atoms with Crippen molar-refractivity contribution in [2.24, 2.45) is 0 Å². The standard InChI is InChI=1S/C17H15N5/c1-12-3-4-16(13(2)7-12)21-5-6-22-17(21)8-15(20-22)14-9-18-11-19-10-14/h3-11H,1-2H3.